The highest BCUT2D eigenvalue weighted by molar-refractivity contribution is 7.16. The number of carbonyl (C=O) groups is 1. The van der Waals surface area contributed by atoms with Crippen molar-refractivity contribution in [1.82, 2.24) is 9.55 Å². The quantitative estimate of drug-likeness (QED) is 0.700. The highest BCUT2D eigenvalue weighted by Crippen LogP contribution is 2.27. The van der Waals surface area contributed by atoms with E-state index in [-0.39, 0.29) is 5.56 Å². The highest BCUT2D eigenvalue weighted by Gasteiger charge is 2.22. The number of benzene rings is 1. The van der Waals surface area contributed by atoms with Crippen molar-refractivity contribution >= 4 is 27.5 Å². The zero-order chi connectivity index (χ0) is 17.6. The number of hydrogen-bond donors (Lipinski definition) is 2. The number of aromatic amines is 1. The smallest absolute Gasteiger partial charge is 0.285 e. The summed E-state index contributed by atoms with van der Waals surface area (Å²) in [5.41, 5.74) is 1.84. The molecule has 2 N–H and O–H groups in total. The molecule has 1 atom stereocenters. The van der Waals surface area contributed by atoms with Crippen molar-refractivity contribution in [2.75, 3.05) is 0 Å². The zero-order valence-corrected chi connectivity index (χ0v) is 14.5. The van der Waals surface area contributed by atoms with E-state index in [2.05, 4.69) is 9.98 Å². The number of aliphatic hydroxyl groups is 1. The van der Waals surface area contributed by atoms with Crippen LogP contribution in [0.1, 0.15) is 40.6 Å². The molecule has 1 aliphatic rings. The first-order chi connectivity index (χ1) is 12.0. The molecule has 0 radical (unpaired) electrons. The SMILES string of the molecule is Cn1c(=NC(=O)c2cc3c([nH]c2=O)CCCC3O)sc2ccccc21. The number of H-pyrrole nitrogens is 1. The number of aromatic nitrogens is 2. The summed E-state index contributed by atoms with van der Waals surface area (Å²) < 4.78 is 2.85. The van der Waals surface area contributed by atoms with Crippen LogP contribution in [0.3, 0.4) is 0 Å². The molecule has 0 saturated heterocycles. The molecule has 1 aliphatic carbocycles. The molecule has 1 unspecified atom stereocenters. The molecule has 3 aromatic rings. The lowest BCUT2D eigenvalue weighted by Crippen LogP contribution is -2.24. The minimum absolute atomic E-state index is 0.0304. The third-order valence-electron chi connectivity index (χ3n) is 4.56. The number of amides is 1. The molecule has 6 nitrogen and oxygen atoms in total. The van der Waals surface area contributed by atoms with Gasteiger partial charge in [0.1, 0.15) is 5.56 Å². The van der Waals surface area contributed by atoms with Crippen LogP contribution in [0.25, 0.3) is 10.2 Å². The number of nitrogens with zero attached hydrogens (tertiary/aromatic N) is 2. The molecule has 0 fully saturated rings. The van der Waals surface area contributed by atoms with E-state index in [1.807, 2.05) is 35.9 Å². The number of aliphatic hydroxyl groups excluding tert-OH is 1. The molecule has 4 rings (SSSR count). The van der Waals surface area contributed by atoms with Gasteiger partial charge in [-0.25, -0.2) is 0 Å². The Hall–Kier alpha value is -2.51. The van der Waals surface area contributed by atoms with Gasteiger partial charge in [-0.3, -0.25) is 9.59 Å². The number of aryl methyl sites for hydroxylation is 2. The van der Waals surface area contributed by atoms with Gasteiger partial charge in [0.05, 0.1) is 16.3 Å². The summed E-state index contributed by atoms with van der Waals surface area (Å²) in [6.07, 6.45) is 1.51. The molecule has 2 aromatic heterocycles. The number of fused-ring (bicyclic) bond motifs is 2. The van der Waals surface area contributed by atoms with Gasteiger partial charge in [-0.2, -0.15) is 4.99 Å². The van der Waals surface area contributed by atoms with Crippen LogP contribution in [-0.2, 0) is 13.5 Å². The summed E-state index contributed by atoms with van der Waals surface area (Å²) in [4.78, 5) is 32.3. The molecular formula is C18H17N3O3S. The van der Waals surface area contributed by atoms with E-state index >= 15 is 0 Å². The van der Waals surface area contributed by atoms with Crippen molar-refractivity contribution < 1.29 is 9.90 Å². The molecule has 25 heavy (non-hydrogen) atoms. The van der Waals surface area contributed by atoms with Crippen LogP contribution in [0, 0.1) is 0 Å². The Bertz CT molecular complexity index is 1110. The monoisotopic (exact) mass is 355 g/mol. The summed E-state index contributed by atoms with van der Waals surface area (Å²) in [6, 6.07) is 9.27. The molecule has 2 heterocycles. The number of thiazole rings is 1. The normalized spacial score (nSPS) is 17.7. The van der Waals surface area contributed by atoms with Crippen molar-refractivity contribution in [3.63, 3.8) is 0 Å². The van der Waals surface area contributed by atoms with E-state index in [1.165, 1.54) is 17.4 Å². The van der Waals surface area contributed by atoms with Crippen molar-refractivity contribution in [1.29, 1.82) is 0 Å². The maximum absolute atomic E-state index is 12.6. The Labute approximate surface area is 147 Å². The lowest BCUT2D eigenvalue weighted by Gasteiger charge is -2.20. The van der Waals surface area contributed by atoms with E-state index in [0.29, 0.717) is 28.9 Å². The van der Waals surface area contributed by atoms with Crippen molar-refractivity contribution in [3.05, 3.63) is 62.3 Å². The largest absolute Gasteiger partial charge is 0.388 e. The van der Waals surface area contributed by atoms with Gasteiger partial charge >= 0.3 is 0 Å². The van der Waals surface area contributed by atoms with Gasteiger partial charge in [-0.15, -0.1) is 0 Å². The van der Waals surface area contributed by atoms with Gasteiger partial charge in [-0.1, -0.05) is 23.5 Å². The maximum atomic E-state index is 12.6. The molecule has 0 bridgehead atoms. The molecule has 1 amide bonds. The first kappa shape index (κ1) is 16.0. The number of rotatable bonds is 1. The Morgan fingerprint density at radius 1 is 1.40 bits per heavy atom. The zero-order valence-electron chi connectivity index (χ0n) is 13.7. The fourth-order valence-electron chi connectivity index (χ4n) is 3.21. The Balaban J connectivity index is 1.82. The Morgan fingerprint density at radius 3 is 3.00 bits per heavy atom. The van der Waals surface area contributed by atoms with Gasteiger partial charge in [0, 0.05) is 18.3 Å². The van der Waals surface area contributed by atoms with Crippen LogP contribution in [-0.4, -0.2) is 20.6 Å². The summed E-state index contributed by atoms with van der Waals surface area (Å²) in [5.74, 6) is -0.594. The van der Waals surface area contributed by atoms with Crippen molar-refractivity contribution in [2.24, 2.45) is 12.0 Å². The Morgan fingerprint density at radius 2 is 2.20 bits per heavy atom. The summed E-state index contributed by atoms with van der Waals surface area (Å²) in [6.45, 7) is 0. The molecule has 7 heteroatoms. The van der Waals surface area contributed by atoms with E-state index in [4.69, 9.17) is 0 Å². The number of pyridine rings is 1. The lowest BCUT2D eigenvalue weighted by molar-refractivity contribution is 0.0995. The van der Waals surface area contributed by atoms with Crippen molar-refractivity contribution in [3.8, 4) is 0 Å². The molecule has 1 aromatic carbocycles. The van der Waals surface area contributed by atoms with Crippen LogP contribution in [0.2, 0.25) is 0 Å². The molecule has 0 aliphatic heterocycles. The predicted octanol–water partition coefficient (Wildman–Crippen LogP) is 2.04. The fraction of sp³-hybridized carbons (Fsp3) is 0.278. The van der Waals surface area contributed by atoms with E-state index in [0.717, 1.165) is 16.6 Å². The van der Waals surface area contributed by atoms with Crippen LogP contribution in [0.15, 0.2) is 40.1 Å². The van der Waals surface area contributed by atoms with Gasteiger partial charge in [0.25, 0.3) is 11.5 Å². The second kappa shape index (κ2) is 6.09. The van der Waals surface area contributed by atoms with Gasteiger partial charge in [0.15, 0.2) is 4.80 Å². The van der Waals surface area contributed by atoms with E-state index in [9.17, 15) is 14.7 Å². The van der Waals surface area contributed by atoms with E-state index in [1.54, 1.807) is 0 Å². The summed E-state index contributed by atoms with van der Waals surface area (Å²) in [5, 5.41) is 10.1. The minimum Gasteiger partial charge on any atom is -0.388 e. The number of carbonyl (C=O) groups excluding carboxylic acids is 1. The maximum Gasteiger partial charge on any atom is 0.285 e. The minimum atomic E-state index is -0.646. The second-order valence-electron chi connectivity index (χ2n) is 6.18. The topological polar surface area (TPSA) is 87.5 Å². The fourth-order valence-corrected chi connectivity index (χ4v) is 4.23. The number of para-hydroxylation sites is 1. The van der Waals surface area contributed by atoms with Crippen LogP contribution in [0.5, 0.6) is 0 Å². The van der Waals surface area contributed by atoms with Crippen LogP contribution in [0.4, 0.5) is 0 Å². The predicted molar refractivity (Wildman–Crippen MR) is 95.7 cm³/mol. The van der Waals surface area contributed by atoms with E-state index < -0.39 is 17.6 Å². The van der Waals surface area contributed by atoms with Gasteiger partial charge in [-0.05, 0) is 37.5 Å². The lowest BCUT2D eigenvalue weighted by atomic mass is 9.92. The average molecular weight is 355 g/mol. The third-order valence-corrected chi connectivity index (χ3v) is 5.68. The standard InChI is InChI=1S/C18H17N3O3S/c1-21-13-6-2-3-8-15(13)25-18(21)20-17(24)11-9-10-12(19-16(11)23)5-4-7-14(10)22/h2-3,6,8-9,14,22H,4-5,7H2,1H3,(H,19,23). The molecule has 0 saturated carbocycles. The van der Waals surface area contributed by atoms with Crippen LogP contribution >= 0.6 is 11.3 Å². The highest BCUT2D eigenvalue weighted by atomic mass is 32.1. The summed E-state index contributed by atoms with van der Waals surface area (Å²) >= 11 is 1.40. The third kappa shape index (κ3) is 2.75. The van der Waals surface area contributed by atoms with Gasteiger partial charge in [0.2, 0.25) is 0 Å². The molecular weight excluding hydrogens is 338 g/mol. The average Bonchev–Trinajstić information content (AvgIpc) is 2.91. The molecule has 0 spiro atoms. The Kier molecular flexibility index (Phi) is 3.89. The molecule has 128 valence electrons. The number of hydrogen-bond acceptors (Lipinski definition) is 4. The summed E-state index contributed by atoms with van der Waals surface area (Å²) in [7, 11) is 1.84. The first-order valence-electron chi connectivity index (χ1n) is 8.12. The second-order valence-corrected chi connectivity index (χ2v) is 7.19. The number of nitrogens with one attached hydrogen (secondary N) is 1. The first-order valence-corrected chi connectivity index (χ1v) is 8.94. The van der Waals surface area contributed by atoms with Crippen molar-refractivity contribution in [2.45, 2.75) is 25.4 Å². The van der Waals surface area contributed by atoms with Crippen LogP contribution < -0.4 is 10.4 Å². The van der Waals surface area contributed by atoms with Gasteiger partial charge < -0.3 is 14.7 Å².